The molecule has 2 amide bonds. The van der Waals surface area contributed by atoms with E-state index in [1.165, 1.54) is 42.1 Å². The third-order valence-corrected chi connectivity index (χ3v) is 6.01. The van der Waals surface area contributed by atoms with Crippen molar-refractivity contribution in [1.29, 1.82) is 0 Å². The first-order valence-electron chi connectivity index (χ1n) is 9.58. The molecule has 2 aromatic carbocycles. The van der Waals surface area contributed by atoms with Crippen molar-refractivity contribution >= 4 is 35.0 Å². The number of hydrogen-bond donors (Lipinski definition) is 1. The van der Waals surface area contributed by atoms with Crippen LogP contribution in [0.2, 0.25) is 0 Å². The van der Waals surface area contributed by atoms with Crippen LogP contribution in [0.25, 0.3) is 0 Å². The number of carbonyl (C=O) groups excluding carboxylic acids is 2. The molecule has 3 aromatic rings. The van der Waals surface area contributed by atoms with Crippen LogP contribution in [0.4, 0.5) is 15.8 Å². The first-order valence-corrected chi connectivity index (χ1v) is 10.6. The number of fused-ring (bicyclic) bond motifs is 1. The van der Waals surface area contributed by atoms with E-state index >= 15 is 0 Å². The van der Waals surface area contributed by atoms with Gasteiger partial charge in [0, 0.05) is 31.2 Å². The summed E-state index contributed by atoms with van der Waals surface area (Å²) >= 11 is 1.14. The molecule has 1 N–H and O–H groups in total. The maximum absolute atomic E-state index is 13.0. The van der Waals surface area contributed by atoms with Gasteiger partial charge in [-0.05, 0) is 42.3 Å². The first-order chi connectivity index (χ1) is 14.9. The van der Waals surface area contributed by atoms with Gasteiger partial charge >= 0.3 is 0 Å². The summed E-state index contributed by atoms with van der Waals surface area (Å²) in [7, 11) is 1.50. The van der Waals surface area contributed by atoms with Gasteiger partial charge in [-0.2, -0.15) is 0 Å². The number of aromatic nitrogens is 2. The molecule has 31 heavy (non-hydrogen) atoms. The van der Waals surface area contributed by atoms with Crippen molar-refractivity contribution in [2.75, 3.05) is 22.5 Å². The summed E-state index contributed by atoms with van der Waals surface area (Å²) in [6.07, 6.45) is 2.01. The second kappa shape index (κ2) is 8.73. The van der Waals surface area contributed by atoms with Crippen molar-refractivity contribution in [1.82, 2.24) is 9.55 Å². The molecule has 0 fully saturated rings. The Labute approximate surface area is 181 Å². The Kier molecular flexibility index (Phi) is 5.85. The highest BCUT2D eigenvalue weighted by atomic mass is 32.2. The molecule has 9 heteroatoms. The van der Waals surface area contributed by atoms with Gasteiger partial charge < -0.3 is 10.2 Å². The van der Waals surface area contributed by atoms with E-state index in [0.29, 0.717) is 17.4 Å². The fourth-order valence-corrected chi connectivity index (χ4v) is 4.16. The Morgan fingerprint density at radius 1 is 1.16 bits per heavy atom. The summed E-state index contributed by atoms with van der Waals surface area (Å²) in [6, 6.07) is 13.0. The highest BCUT2D eigenvalue weighted by molar-refractivity contribution is 7.99. The molecular formula is C22H19FN4O3S. The van der Waals surface area contributed by atoms with Gasteiger partial charge in [-0.1, -0.05) is 30.0 Å². The van der Waals surface area contributed by atoms with E-state index in [1.54, 1.807) is 4.90 Å². The van der Waals surface area contributed by atoms with Gasteiger partial charge in [-0.25, -0.2) is 9.37 Å². The van der Waals surface area contributed by atoms with Gasteiger partial charge in [0.2, 0.25) is 5.91 Å². The van der Waals surface area contributed by atoms with Gasteiger partial charge in [0.1, 0.15) is 11.4 Å². The average Bonchev–Trinajstić information content (AvgIpc) is 3.20. The van der Waals surface area contributed by atoms with E-state index < -0.39 is 17.3 Å². The molecule has 1 aliphatic heterocycles. The molecule has 0 saturated carbocycles. The summed E-state index contributed by atoms with van der Waals surface area (Å²) in [5.74, 6) is -1.01. The summed E-state index contributed by atoms with van der Waals surface area (Å²) in [5, 5.41) is 2.88. The largest absolute Gasteiger partial charge is 0.322 e. The lowest BCUT2D eigenvalue weighted by Gasteiger charge is -2.17. The first kappa shape index (κ1) is 20.8. The van der Waals surface area contributed by atoms with Crippen LogP contribution in [0.5, 0.6) is 0 Å². The highest BCUT2D eigenvalue weighted by Gasteiger charge is 2.24. The molecular weight excluding hydrogens is 419 g/mol. The van der Waals surface area contributed by atoms with E-state index in [4.69, 9.17) is 0 Å². The number of halogens is 1. The van der Waals surface area contributed by atoms with E-state index in [0.717, 1.165) is 29.4 Å². The zero-order valence-corrected chi connectivity index (χ0v) is 17.5. The summed E-state index contributed by atoms with van der Waals surface area (Å²) in [4.78, 5) is 43.7. The molecule has 0 unspecified atom stereocenters. The molecule has 4 rings (SSSR count). The predicted octanol–water partition coefficient (Wildman–Crippen LogP) is 2.85. The number of benzene rings is 2. The Morgan fingerprint density at radius 2 is 1.90 bits per heavy atom. The molecule has 7 nitrogen and oxygen atoms in total. The van der Waals surface area contributed by atoms with Crippen molar-refractivity contribution in [3.8, 4) is 0 Å². The number of rotatable bonds is 5. The topological polar surface area (TPSA) is 84.3 Å². The Balaban J connectivity index is 1.44. The van der Waals surface area contributed by atoms with Crippen LogP contribution in [-0.2, 0) is 18.3 Å². The Hall–Kier alpha value is -3.46. The summed E-state index contributed by atoms with van der Waals surface area (Å²) in [5.41, 5.74) is 1.75. The third kappa shape index (κ3) is 4.36. The SMILES string of the molecule is Cn1c(SCC(=O)N2CCc3ccccc32)ncc(C(=O)Nc2ccc(F)cc2)c1=O. The number of anilines is 2. The molecule has 0 radical (unpaired) electrons. The lowest BCUT2D eigenvalue weighted by Crippen LogP contribution is -2.32. The lowest BCUT2D eigenvalue weighted by molar-refractivity contribution is -0.116. The zero-order valence-electron chi connectivity index (χ0n) is 16.7. The monoisotopic (exact) mass is 438 g/mol. The Morgan fingerprint density at radius 3 is 2.68 bits per heavy atom. The molecule has 0 spiro atoms. The summed E-state index contributed by atoms with van der Waals surface area (Å²) in [6.45, 7) is 0.633. The van der Waals surface area contributed by atoms with Gasteiger partial charge in [0.25, 0.3) is 11.5 Å². The average molecular weight is 438 g/mol. The van der Waals surface area contributed by atoms with Crippen molar-refractivity contribution in [2.24, 2.45) is 7.05 Å². The maximum Gasteiger partial charge on any atom is 0.266 e. The van der Waals surface area contributed by atoms with Crippen molar-refractivity contribution in [3.63, 3.8) is 0 Å². The molecule has 158 valence electrons. The number of nitrogens with one attached hydrogen (secondary N) is 1. The van der Waals surface area contributed by atoms with Crippen LogP contribution >= 0.6 is 11.8 Å². The minimum Gasteiger partial charge on any atom is -0.322 e. The number of carbonyl (C=O) groups is 2. The van der Waals surface area contributed by atoms with Crippen molar-refractivity contribution < 1.29 is 14.0 Å². The van der Waals surface area contributed by atoms with Crippen LogP contribution in [0, 0.1) is 5.82 Å². The molecule has 0 saturated heterocycles. The number of thioether (sulfide) groups is 1. The maximum atomic E-state index is 13.0. The highest BCUT2D eigenvalue weighted by Crippen LogP contribution is 2.28. The van der Waals surface area contributed by atoms with Crippen molar-refractivity contribution in [2.45, 2.75) is 11.6 Å². The van der Waals surface area contributed by atoms with E-state index in [1.807, 2.05) is 24.3 Å². The van der Waals surface area contributed by atoms with Crippen molar-refractivity contribution in [3.05, 3.63) is 82.0 Å². The number of hydrogen-bond acceptors (Lipinski definition) is 5. The standard InChI is InChI=1S/C22H19FN4O3S/c1-26-21(30)17(20(29)25-16-8-6-15(23)7-9-16)12-24-22(26)31-13-19(28)27-11-10-14-4-2-3-5-18(14)27/h2-9,12H,10-11,13H2,1H3,(H,25,29). The smallest absolute Gasteiger partial charge is 0.266 e. The van der Waals surface area contributed by atoms with Gasteiger partial charge in [0.05, 0.1) is 5.75 Å². The number of amides is 2. The zero-order chi connectivity index (χ0) is 22.0. The molecule has 0 bridgehead atoms. The van der Waals surface area contributed by atoms with Gasteiger partial charge in [-0.15, -0.1) is 0 Å². The number of para-hydroxylation sites is 1. The van der Waals surface area contributed by atoms with Crippen LogP contribution in [0.1, 0.15) is 15.9 Å². The van der Waals surface area contributed by atoms with Crippen LogP contribution in [0.3, 0.4) is 0 Å². The minimum atomic E-state index is -0.638. The fourth-order valence-electron chi connectivity index (χ4n) is 3.35. The second-order valence-electron chi connectivity index (χ2n) is 6.99. The number of nitrogens with zero attached hydrogens (tertiary/aromatic N) is 3. The fraction of sp³-hybridized carbons (Fsp3) is 0.182. The van der Waals surface area contributed by atoms with E-state index in [2.05, 4.69) is 10.3 Å². The van der Waals surface area contributed by atoms with Gasteiger partial charge in [0.15, 0.2) is 5.16 Å². The normalized spacial score (nSPS) is 12.5. The Bertz CT molecular complexity index is 1210. The lowest BCUT2D eigenvalue weighted by atomic mass is 10.2. The van der Waals surface area contributed by atoms with Gasteiger partial charge in [-0.3, -0.25) is 19.0 Å². The quantitative estimate of drug-likeness (QED) is 0.489. The third-order valence-electron chi connectivity index (χ3n) is 4.99. The summed E-state index contributed by atoms with van der Waals surface area (Å²) < 4.78 is 14.2. The van der Waals surface area contributed by atoms with Crippen LogP contribution in [0.15, 0.2) is 64.7 Å². The molecule has 0 aliphatic carbocycles. The second-order valence-corrected chi connectivity index (χ2v) is 7.93. The molecule has 0 atom stereocenters. The predicted molar refractivity (Wildman–Crippen MR) is 117 cm³/mol. The van der Waals surface area contributed by atoms with Crippen LogP contribution in [-0.4, -0.2) is 33.7 Å². The van der Waals surface area contributed by atoms with E-state index in [-0.39, 0.29) is 17.2 Å². The molecule has 1 aliphatic rings. The van der Waals surface area contributed by atoms with E-state index in [9.17, 15) is 18.8 Å². The van der Waals surface area contributed by atoms with Crippen LogP contribution < -0.4 is 15.8 Å². The molecule has 2 heterocycles. The molecule has 1 aromatic heterocycles. The minimum absolute atomic E-state index is 0.0673.